The molecule has 0 spiro atoms. The molecule has 0 aliphatic heterocycles. The Labute approximate surface area is 116 Å². The number of anilines is 1. The number of aromatic nitrogens is 2. The van der Waals surface area contributed by atoms with E-state index < -0.39 is 0 Å². The molecule has 0 saturated heterocycles. The zero-order valence-electron chi connectivity index (χ0n) is 10.8. The van der Waals surface area contributed by atoms with Crippen molar-refractivity contribution in [2.45, 2.75) is 18.5 Å². The second-order valence-electron chi connectivity index (χ2n) is 4.06. The molecule has 1 aromatic heterocycles. The second kappa shape index (κ2) is 6.21. The molecule has 96 valence electrons. The predicted octanol–water partition coefficient (Wildman–Crippen LogP) is 2.99. The summed E-state index contributed by atoms with van der Waals surface area (Å²) in [4.78, 5) is 8.22. The maximum atomic E-state index is 9.18. The molecule has 0 aliphatic rings. The highest BCUT2D eigenvalue weighted by molar-refractivity contribution is 7.98. The summed E-state index contributed by atoms with van der Waals surface area (Å²) in [5.41, 5.74) is 2.88. The fourth-order valence-corrected chi connectivity index (χ4v) is 2.15. The molecule has 2 aromatic rings. The molecule has 4 nitrogen and oxygen atoms in total. The lowest BCUT2D eigenvalue weighted by molar-refractivity contribution is 1.00. The van der Waals surface area contributed by atoms with Gasteiger partial charge in [0.25, 0.3) is 0 Å². The molecule has 0 aliphatic carbocycles. The third-order valence-corrected chi connectivity index (χ3v) is 3.39. The lowest BCUT2D eigenvalue weighted by atomic mass is 10.1. The summed E-state index contributed by atoms with van der Waals surface area (Å²) >= 11 is 1.44. The van der Waals surface area contributed by atoms with E-state index in [9.17, 15) is 5.26 Å². The second-order valence-corrected chi connectivity index (χ2v) is 4.85. The highest BCUT2D eigenvalue weighted by Crippen LogP contribution is 2.22. The van der Waals surface area contributed by atoms with Gasteiger partial charge in [-0.3, -0.25) is 0 Å². The molecule has 1 N–H and O–H groups in total. The Morgan fingerprint density at radius 1 is 1.26 bits per heavy atom. The Morgan fingerprint density at radius 2 is 2.00 bits per heavy atom. The van der Waals surface area contributed by atoms with Crippen LogP contribution in [0.5, 0.6) is 0 Å². The topological polar surface area (TPSA) is 61.6 Å². The first-order chi connectivity index (χ1) is 9.24. The van der Waals surface area contributed by atoms with Gasteiger partial charge in [0.2, 0.25) is 0 Å². The fourth-order valence-electron chi connectivity index (χ4n) is 1.65. The summed E-state index contributed by atoms with van der Waals surface area (Å²) in [6, 6.07) is 10.4. The van der Waals surface area contributed by atoms with Crippen LogP contribution < -0.4 is 5.32 Å². The number of hydrogen-bond acceptors (Lipinski definition) is 5. The zero-order valence-corrected chi connectivity index (χ0v) is 11.7. The Balaban J connectivity index is 2.16. The van der Waals surface area contributed by atoms with Gasteiger partial charge in [-0.15, -0.1) is 11.8 Å². The van der Waals surface area contributed by atoms with Crippen molar-refractivity contribution in [1.29, 1.82) is 5.26 Å². The van der Waals surface area contributed by atoms with Crippen LogP contribution in [0.15, 0.2) is 35.6 Å². The van der Waals surface area contributed by atoms with Gasteiger partial charge < -0.3 is 5.32 Å². The summed E-state index contributed by atoms with van der Waals surface area (Å²) in [6.07, 6.45) is 3.37. The van der Waals surface area contributed by atoms with E-state index in [0.29, 0.717) is 23.0 Å². The van der Waals surface area contributed by atoms with Crippen molar-refractivity contribution >= 4 is 17.6 Å². The van der Waals surface area contributed by atoms with Crippen molar-refractivity contribution in [2.75, 3.05) is 11.6 Å². The van der Waals surface area contributed by atoms with Crippen LogP contribution in [0.2, 0.25) is 0 Å². The minimum atomic E-state index is 0.502. The minimum Gasteiger partial charge on any atom is -0.365 e. The molecule has 1 aromatic carbocycles. The van der Waals surface area contributed by atoms with Gasteiger partial charge in [0.1, 0.15) is 28.8 Å². The van der Waals surface area contributed by atoms with Crippen LogP contribution in [0.4, 0.5) is 5.82 Å². The Bertz CT molecular complexity index is 602. The third-order valence-electron chi connectivity index (χ3n) is 2.70. The van der Waals surface area contributed by atoms with Crippen molar-refractivity contribution in [1.82, 2.24) is 9.97 Å². The van der Waals surface area contributed by atoms with Crippen molar-refractivity contribution in [3.8, 4) is 6.07 Å². The monoisotopic (exact) mass is 270 g/mol. The molecule has 5 heteroatoms. The van der Waals surface area contributed by atoms with E-state index in [2.05, 4.69) is 52.5 Å². The predicted molar refractivity (Wildman–Crippen MR) is 77.0 cm³/mol. The van der Waals surface area contributed by atoms with Gasteiger partial charge in [-0.25, -0.2) is 9.97 Å². The number of hydrogen-bond donors (Lipinski definition) is 1. The largest absolute Gasteiger partial charge is 0.365 e. The van der Waals surface area contributed by atoms with Crippen molar-refractivity contribution in [2.24, 2.45) is 0 Å². The zero-order chi connectivity index (χ0) is 13.7. The van der Waals surface area contributed by atoms with Gasteiger partial charge in [-0.05, 0) is 18.7 Å². The molecule has 0 unspecified atom stereocenters. The molecule has 0 saturated carbocycles. The highest BCUT2D eigenvalue weighted by Gasteiger charge is 2.09. The average molecular weight is 270 g/mol. The standard InChI is InChI=1S/C14H14N4S/c1-10-3-5-11(6-4-10)8-16-13-12(7-15)14(19-2)18-9-17-13/h3-6,9H,8H2,1-2H3,(H,16,17,18). The number of benzene rings is 1. The number of rotatable bonds is 4. The third kappa shape index (κ3) is 3.24. The van der Waals surface area contributed by atoms with E-state index in [1.807, 2.05) is 6.26 Å². The molecule has 0 atom stereocenters. The molecule has 0 fully saturated rings. The molecule has 1 heterocycles. The van der Waals surface area contributed by atoms with Crippen LogP contribution in [0.1, 0.15) is 16.7 Å². The van der Waals surface area contributed by atoms with E-state index in [4.69, 9.17) is 0 Å². The molecular weight excluding hydrogens is 256 g/mol. The first-order valence-corrected chi connectivity index (χ1v) is 7.05. The van der Waals surface area contributed by atoms with E-state index >= 15 is 0 Å². The molecular formula is C14H14N4S. The fraction of sp³-hybridized carbons (Fsp3) is 0.214. The van der Waals surface area contributed by atoms with Crippen molar-refractivity contribution in [3.05, 3.63) is 47.3 Å². The number of nitrogens with zero attached hydrogens (tertiary/aromatic N) is 3. The number of nitrogens with one attached hydrogen (secondary N) is 1. The van der Waals surface area contributed by atoms with E-state index in [1.54, 1.807) is 0 Å². The Hall–Kier alpha value is -2.06. The molecule has 0 bridgehead atoms. The average Bonchev–Trinajstić information content (AvgIpc) is 2.46. The van der Waals surface area contributed by atoms with Gasteiger partial charge in [0.05, 0.1) is 0 Å². The van der Waals surface area contributed by atoms with E-state index in [0.717, 1.165) is 5.56 Å². The minimum absolute atomic E-state index is 0.502. The maximum Gasteiger partial charge on any atom is 0.148 e. The van der Waals surface area contributed by atoms with Gasteiger partial charge in [-0.1, -0.05) is 29.8 Å². The lowest BCUT2D eigenvalue weighted by Crippen LogP contribution is -2.05. The van der Waals surface area contributed by atoms with Crippen LogP contribution in [0.3, 0.4) is 0 Å². The first kappa shape index (κ1) is 13.4. The molecule has 0 amide bonds. The number of nitriles is 1. The van der Waals surface area contributed by atoms with Crippen LogP contribution in [-0.4, -0.2) is 16.2 Å². The smallest absolute Gasteiger partial charge is 0.148 e. The van der Waals surface area contributed by atoms with Gasteiger partial charge in [-0.2, -0.15) is 5.26 Å². The first-order valence-electron chi connectivity index (χ1n) is 5.83. The normalized spacial score (nSPS) is 9.95. The highest BCUT2D eigenvalue weighted by atomic mass is 32.2. The Morgan fingerprint density at radius 3 is 2.63 bits per heavy atom. The van der Waals surface area contributed by atoms with Crippen molar-refractivity contribution < 1.29 is 0 Å². The SMILES string of the molecule is CSc1ncnc(NCc2ccc(C)cc2)c1C#N. The number of thioether (sulfide) groups is 1. The summed E-state index contributed by atoms with van der Waals surface area (Å²) in [6.45, 7) is 2.69. The summed E-state index contributed by atoms with van der Waals surface area (Å²) < 4.78 is 0. The van der Waals surface area contributed by atoms with Crippen molar-refractivity contribution in [3.63, 3.8) is 0 Å². The van der Waals surface area contributed by atoms with Crippen LogP contribution in [0, 0.1) is 18.3 Å². The Kier molecular flexibility index (Phi) is 4.37. The van der Waals surface area contributed by atoms with Gasteiger partial charge in [0, 0.05) is 6.54 Å². The molecule has 2 rings (SSSR count). The van der Waals surface area contributed by atoms with Crippen LogP contribution >= 0.6 is 11.8 Å². The van der Waals surface area contributed by atoms with Gasteiger partial charge in [0.15, 0.2) is 0 Å². The van der Waals surface area contributed by atoms with Crippen LogP contribution in [-0.2, 0) is 6.54 Å². The molecule has 19 heavy (non-hydrogen) atoms. The van der Waals surface area contributed by atoms with E-state index in [1.165, 1.54) is 23.7 Å². The maximum absolute atomic E-state index is 9.18. The van der Waals surface area contributed by atoms with Crippen LogP contribution in [0.25, 0.3) is 0 Å². The lowest BCUT2D eigenvalue weighted by Gasteiger charge is -2.08. The van der Waals surface area contributed by atoms with E-state index in [-0.39, 0.29) is 0 Å². The molecule has 0 radical (unpaired) electrons. The quantitative estimate of drug-likeness (QED) is 0.683. The summed E-state index contributed by atoms with van der Waals surface area (Å²) in [5, 5.41) is 13.1. The van der Waals surface area contributed by atoms with Gasteiger partial charge >= 0.3 is 0 Å². The summed E-state index contributed by atoms with van der Waals surface area (Å²) in [5.74, 6) is 0.586. The number of aryl methyl sites for hydroxylation is 1. The summed E-state index contributed by atoms with van der Waals surface area (Å²) in [7, 11) is 0.